The van der Waals surface area contributed by atoms with Crippen LogP contribution in [-0.2, 0) is 22.3 Å². The number of aryl methyl sites for hydroxylation is 1. The topological polar surface area (TPSA) is 89.1 Å². The van der Waals surface area contributed by atoms with Gasteiger partial charge in [-0.1, -0.05) is 30.3 Å². The molecule has 2 aromatic carbocycles. The highest BCUT2D eigenvalue weighted by Gasteiger charge is 2.32. The molecule has 4 rings (SSSR count). The maximum absolute atomic E-state index is 13.6. The predicted octanol–water partition coefficient (Wildman–Crippen LogP) is 3.99. The first-order valence-corrected chi connectivity index (χ1v) is 14.1. The lowest BCUT2D eigenvalue weighted by atomic mass is 9.94. The molecule has 1 fully saturated rings. The summed E-state index contributed by atoms with van der Waals surface area (Å²) in [6.07, 6.45) is 1.84. The van der Waals surface area contributed by atoms with Gasteiger partial charge in [-0.25, -0.2) is 4.79 Å². The van der Waals surface area contributed by atoms with Gasteiger partial charge in [0.1, 0.15) is 11.9 Å². The Kier molecular flexibility index (Phi) is 10.2. The van der Waals surface area contributed by atoms with Crippen molar-refractivity contribution in [1.29, 1.82) is 0 Å². The molecule has 2 atom stereocenters. The molecular formula is C31H43N3O5. The van der Waals surface area contributed by atoms with Crippen LogP contribution in [0.2, 0.25) is 0 Å². The van der Waals surface area contributed by atoms with Crippen molar-refractivity contribution in [3.05, 3.63) is 64.7 Å². The van der Waals surface area contributed by atoms with Crippen LogP contribution in [0, 0.1) is 18.8 Å². The molecule has 39 heavy (non-hydrogen) atoms. The van der Waals surface area contributed by atoms with Crippen LogP contribution in [0.5, 0.6) is 5.75 Å². The molecule has 0 saturated carbocycles. The van der Waals surface area contributed by atoms with E-state index >= 15 is 0 Å². The number of benzene rings is 2. The minimum absolute atomic E-state index is 0.00874. The van der Waals surface area contributed by atoms with Crippen LogP contribution < -0.4 is 15.4 Å². The highest BCUT2D eigenvalue weighted by atomic mass is 16.6. The fourth-order valence-electron chi connectivity index (χ4n) is 5.47. The zero-order chi connectivity index (χ0) is 27.8. The van der Waals surface area contributed by atoms with Gasteiger partial charge in [-0.3, -0.25) is 4.79 Å². The van der Waals surface area contributed by atoms with Crippen LogP contribution in [0.15, 0.2) is 42.5 Å². The zero-order valence-corrected chi connectivity index (χ0v) is 23.7. The third-order valence-corrected chi connectivity index (χ3v) is 7.78. The van der Waals surface area contributed by atoms with Gasteiger partial charge in [0.15, 0.2) is 0 Å². The van der Waals surface area contributed by atoms with Gasteiger partial charge in [0.2, 0.25) is 0 Å². The van der Waals surface area contributed by atoms with Gasteiger partial charge in [-0.15, -0.1) is 0 Å². The van der Waals surface area contributed by atoms with Gasteiger partial charge in [-0.05, 0) is 61.4 Å². The number of methoxy groups -OCH3 is 1. The molecule has 0 radical (unpaired) electrons. The summed E-state index contributed by atoms with van der Waals surface area (Å²) >= 11 is 0. The molecule has 0 unspecified atom stereocenters. The Morgan fingerprint density at radius 3 is 2.46 bits per heavy atom. The summed E-state index contributed by atoms with van der Waals surface area (Å²) in [5, 5.41) is 6.43. The lowest BCUT2D eigenvalue weighted by molar-refractivity contribution is 0.0657. The molecule has 2 aromatic rings. The molecular weight excluding hydrogens is 494 g/mol. The molecule has 2 N–H and O–H groups in total. The van der Waals surface area contributed by atoms with Crippen LogP contribution in [0.4, 0.5) is 4.79 Å². The summed E-state index contributed by atoms with van der Waals surface area (Å²) in [7, 11) is 1.67. The molecule has 1 aliphatic carbocycles. The maximum atomic E-state index is 13.6. The van der Waals surface area contributed by atoms with Crippen molar-refractivity contribution in [1.82, 2.24) is 15.5 Å². The van der Waals surface area contributed by atoms with Crippen molar-refractivity contribution in [2.24, 2.45) is 11.8 Å². The number of fused-ring (bicyclic) bond motifs is 1. The third kappa shape index (κ3) is 7.73. The van der Waals surface area contributed by atoms with Crippen LogP contribution >= 0.6 is 0 Å². The molecule has 1 heterocycles. The Morgan fingerprint density at radius 1 is 1.05 bits per heavy atom. The Bertz CT molecular complexity index is 1100. The molecule has 8 heteroatoms. The quantitative estimate of drug-likeness (QED) is 0.398. The lowest BCUT2D eigenvalue weighted by Gasteiger charge is -2.32. The number of alkyl carbamates (subject to hydrolysis) is 1. The number of hydrogen-bond acceptors (Lipinski definition) is 6. The van der Waals surface area contributed by atoms with Crippen molar-refractivity contribution in [2.45, 2.75) is 52.2 Å². The Balaban J connectivity index is 1.31. The van der Waals surface area contributed by atoms with Crippen molar-refractivity contribution in [3.8, 4) is 5.75 Å². The van der Waals surface area contributed by atoms with Crippen molar-refractivity contribution < 1.29 is 23.8 Å². The molecule has 0 aromatic heterocycles. The van der Waals surface area contributed by atoms with Gasteiger partial charge < -0.3 is 29.7 Å². The second-order valence-corrected chi connectivity index (χ2v) is 11.0. The molecule has 2 aliphatic rings. The summed E-state index contributed by atoms with van der Waals surface area (Å²) in [5.41, 5.74) is 4.14. The second-order valence-electron chi connectivity index (χ2n) is 11.0. The van der Waals surface area contributed by atoms with Crippen LogP contribution in [0.1, 0.15) is 47.3 Å². The monoisotopic (exact) mass is 537 g/mol. The SMILES string of the molecule is COCCCOc1cc(C(=O)N(C[C@@H]2CNC[C@H]2CNC(=O)OC2Cc3ccccc3C2)C(C)C)ccc1C. The number of carbonyl (C=O) groups excluding carboxylic acids is 2. The van der Waals surface area contributed by atoms with Crippen LogP contribution in [-0.4, -0.2) is 75.5 Å². The Hall–Kier alpha value is -3.10. The maximum Gasteiger partial charge on any atom is 0.407 e. The number of amides is 2. The largest absolute Gasteiger partial charge is 0.493 e. The van der Waals surface area contributed by atoms with Gasteiger partial charge >= 0.3 is 6.09 Å². The van der Waals surface area contributed by atoms with E-state index in [0.29, 0.717) is 31.9 Å². The van der Waals surface area contributed by atoms with Gasteiger partial charge in [-0.2, -0.15) is 0 Å². The Morgan fingerprint density at radius 2 is 1.77 bits per heavy atom. The van der Waals surface area contributed by atoms with E-state index in [0.717, 1.165) is 43.7 Å². The number of rotatable bonds is 12. The molecule has 0 bridgehead atoms. The third-order valence-electron chi connectivity index (χ3n) is 7.78. The molecule has 1 aliphatic heterocycles. The van der Waals surface area contributed by atoms with Crippen molar-refractivity contribution >= 4 is 12.0 Å². The van der Waals surface area contributed by atoms with E-state index in [1.807, 2.05) is 56.0 Å². The number of ether oxygens (including phenoxy) is 3. The summed E-state index contributed by atoms with van der Waals surface area (Å²) < 4.78 is 16.7. The van der Waals surface area contributed by atoms with Crippen LogP contribution in [0.25, 0.3) is 0 Å². The first-order valence-electron chi connectivity index (χ1n) is 14.1. The van der Waals surface area contributed by atoms with E-state index in [2.05, 4.69) is 22.8 Å². The second kappa shape index (κ2) is 13.8. The number of nitrogens with one attached hydrogen (secondary N) is 2. The number of carbonyl (C=O) groups is 2. The standard InChI is InChI=1S/C31H43N3O5/c1-21(2)34(30(35)25-11-10-22(3)29(16-25)38-13-7-12-37-4)20-27-18-32-17-26(27)19-33-31(36)39-28-14-23-8-5-6-9-24(23)15-28/h5-6,8-11,16,21,26-28,32H,7,12-15,17-20H2,1-4H3,(H,33,36)/t26-,27-/m0/s1. The average Bonchev–Trinajstić information content (AvgIpc) is 3.54. The average molecular weight is 538 g/mol. The fourth-order valence-corrected chi connectivity index (χ4v) is 5.47. The van der Waals surface area contributed by atoms with Crippen molar-refractivity contribution in [3.63, 3.8) is 0 Å². The van der Waals surface area contributed by atoms with E-state index in [1.54, 1.807) is 7.11 Å². The van der Waals surface area contributed by atoms with E-state index in [4.69, 9.17) is 14.2 Å². The zero-order valence-electron chi connectivity index (χ0n) is 23.7. The summed E-state index contributed by atoms with van der Waals surface area (Å²) in [4.78, 5) is 28.1. The number of nitrogens with zero attached hydrogens (tertiary/aromatic N) is 1. The Labute approximate surface area is 232 Å². The minimum Gasteiger partial charge on any atom is -0.493 e. The van der Waals surface area contributed by atoms with Gasteiger partial charge in [0, 0.05) is 70.8 Å². The van der Waals surface area contributed by atoms with Crippen molar-refractivity contribution in [2.75, 3.05) is 46.5 Å². The normalized spacial score (nSPS) is 18.7. The molecule has 1 saturated heterocycles. The highest BCUT2D eigenvalue weighted by Crippen LogP contribution is 2.25. The highest BCUT2D eigenvalue weighted by molar-refractivity contribution is 5.95. The first-order chi connectivity index (χ1) is 18.9. The van der Waals surface area contributed by atoms with E-state index < -0.39 is 0 Å². The molecule has 2 amide bonds. The lowest BCUT2D eigenvalue weighted by Crippen LogP contribution is -2.43. The summed E-state index contributed by atoms with van der Waals surface area (Å²) in [6, 6.07) is 13.9. The molecule has 8 nitrogen and oxygen atoms in total. The smallest absolute Gasteiger partial charge is 0.407 e. The van der Waals surface area contributed by atoms with Gasteiger partial charge in [0.05, 0.1) is 6.61 Å². The molecule has 212 valence electrons. The minimum atomic E-state index is -0.368. The summed E-state index contributed by atoms with van der Waals surface area (Å²) in [5.74, 6) is 1.16. The van der Waals surface area contributed by atoms with Crippen LogP contribution in [0.3, 0.4) is 0 Å². The fraction of sp³-hybridized carbons (Fsp3) is 0.548. The predicted molar refractivity (Wildman–Crippen MR) is 151 cm³/mol. The number of hydrogen-bond donors (Lipinski definition) is 2. The van der Waals surface area contributed by atoms with E-state index in [-0.39, 0.29) is 36.0 Å². The molecule has 0 spiro atoms. The van der Waals surface area contributed by atoms with E-state index in [9.17, 15) is 9.59 Å². The van der Waals surface area contributed by atoms with Gasteiger partial charge in [0.25, 0.3) is 5.91 Å². The first kappa shape index (κ1) is 28.9. The van der Waals surface area contributed by atoms with E-state index in [1.165, 1.54) is 11.1 Å². The summed E-state index contributed by atoms with van der Waals surface area (Å²) in [6.45, 7) is 9.97.